The number of thioether (sulfide) groups is 1. The van der Waals surface area contributed by atoms with E-state index < -0.39 is 24.0 Å². The van der Waals surface area contributed by atoms with Crippen molar-refractivity contribution in [1.82, 2.24) is 20.0 Å². The van der Waals surface area contributed by atoms with Crippen LogP contribution in [0.4, 0.5) is 4.79 Å². The van der Waals surface area contributed by atoms with Gasteiger partial charge in [0.1, 0.15) is 6.61 Å². The molecule has 3 heterocycles. The van der Waals surface area contributed by atoms with Gasteiger partial charge in [-0.15, -0.1) is 0 Å². The summed E-state index contributed by atoms with van der Waals surface area (Å²) in [5.41, 5.74) is 1.79. The Morgan fingerprint density at radius 1 is 1.09 bits per heavy atom. The molecular weight excluding hydrogens is 444 g/mol. The third kappa shape index (κ3) is 4.56. The van der Waals surface area contributed by atoms with E-state index in [2.05, 4.69) is 15.6 Å². The molecule has 170 valence electrons. The number of nitrogens with zero attached hydrogens (tertiary/aromatic N) is 2. The molecule has 3 aromatic rings. The molecule has 9 nitrogen and oxygen atoms in total. The smallest absolute Gasteiger partial charge is 0.359 e. The number of amides is 2. The van der Waals surface area contributed by atoms with Crippen LogP contribution in [0.3, 0.4) is 0 Å². The van der Waals surface area contributed by atoms with E-state index in [9.17, 15) is 14.4 Å². The van der Waals surface area contributed by atoms with Crippen LogP contribution in [0, 0.1) is 0 Å². The lowest BCUT2D eigenvalue weighted by Crippen LogP contribution is -2.47. The quantitative estimate of drug-likeness (QED) is 0.407. The fourth-order valence-electron chi connectivity index (χ4n) is 3.59. The van der Waals surface area contributed by atoms with Gasteiger partial charge >= 0.3 is 18.0 Å². The Labute approximate surface area is 194 Å². The molecule has 10 heteroatoms. The molecule has 0 bridgehead atoms. The van der Waals surface area contributed by atoms with Crippen molar-refractivity contribution in [3.8, 4) is 0 Å². The lowest BCUT2D eigenvalue weighted by atomic mass is 9.95. The van der Waals surface area contributed by atoms with Crippen LogP contribution in [-0.4, -0.2) is 46.8 Å². The predicted molar refractivity (Wildman–Crippen MR) is 122 cm³/mol. The number of ether oxygens (including phenoxy) is 2. The second-order valence-corrected chi connectivity index (χ2v) is 7.81. The van der Waals surface area contributed by atoms with Crippen LogP contribution in [0.5, 0.6) is 0 Å². The number of imidazole rings is 1. The number of nitrogens with one attached hydrogen (secondary N) is 2. The SMILES string of the molecule is CCOC(=O)C1=C(COC(=O)c2nc(SC)n3ccccc23)NC(=O)NC1c1ccccc1. The molecule has 1 atom stereocenters. The van der Waals surface area contributed by atoms with Gasteiger partial charge in [0.05, 0.1) is 29.4 Å². The van der Waals surface area contributed by atoms with E-state index >= 15 is 0 Å². The summed E-state index contributed by atoms with van der Waals surface area (Å²) < 4.78 is 12.5. The van der Waals surface area contributed by atoms with Crippen molar-refractivity contribution in [1.29, 1.82) is 0 Å². The van der Waals surface area contributed by atoms with Gasteiger partial charge in [0.15, 0.2) is 10.9 Å². The van der Waals surface area contributed by atoms with Crippen molar-refractivity contribution < 1.29 is 23.9 Å². The molecule has 4 rings (SSSR count). The number of carbonyl (C=O) groups is 3. The van der Waals surface area contributed by atoms with Crippen molar-refractivity contribution >= 4 is 35.2 Å². The monoisotopic (exact) mass is 466 g/mol. The van der Waals surface area contributed by atoms with Crippen LogP contribution >= 0.6 is 11.8 Å². The number of urea groups is 1. The molecule has 1 aliphatic heterocycles. The number of pyridine rings is 1. The van der Waals surface area contributed by atoms with E-state index in [1.54, 1.807) is 47.7 Å². The maximum Gasteiger partial charge on any atom is 0.359 e. The second kappa shape index (κ2) is 9.78. The number of benzene rings is 1. The Balaban J connectivity index is 1.66. The van der Waals surface area contributed by atoms with Crippen molar-refractivity contribution in [2.24, 2.45) is 0 Å². The van der Waals surface area contributed by atoms with Crippen molar-refractivity contribution in [2.75, 3.05) is 19.5 Å². The molecule has 1 unspecified atom stereocenters. The van der Waals surface area contributed by atoms with Crippen molar-refractivity contribution in [2.45, 2.75) is 18.1 Å². The molecule has 2 aromatic heterocycles. The molecule has 1 aliphatic rings. The van der Waals surface area contributed by atoms with Gasteiger partial charge in [-0.1, -0.05) is 48.2 Å². The van der Waals surface area contributed by atoms with Crippen LogP contribution in [0.1, 0.15) is 29.0 Å². The minimum Gasteiger partial charge on any atom is -0.463 e. The minimum atomic E-state index is -0.746. The van der Waals surface area contributed by atoms with E-state index in [4.69, 9.17) is 9.47 Å². The van der Waals surface area contributed by atoms with E-state index in [-0.39, 0.29) is 30.2 Å². The summed E-state index contributed by atoms with van der Waals surface area (Å²) in [5, 5.41) is 5.97. The lowest BCUT2D eigenvalue weighted by molar-refractivity contribution is -0.139. The zero-order valence-corrected chi connectivity index (χ0v) is 18.8. The van der Waals surface area contributed by atoms with Gasteiger partial charge in [-0.2, -0.15) is 0 Å². The molecule has 0 radical (unpaired) electrons. The summed E-state index contributed by atoms with van der Waals surface area (Å²) in [6.07, 6.45) is 3.67. The van der Waals surface area contributed by atoms with Crippen LogP contribution < -0.4 is 10.6 Å². The first kappa shape index (κ1) is 22.4. The maximum absolute atomic E-state index is 12.9. The van der Waals surface area contributed by atoms with E-state index in [1.807, 2.05) is 24.6 Å². The molecule has 1 aromatic carbocycles. The average Bonchev–Trinajstić information content (AvgIpc) is 3.22. The number of esters is 2. The standard InChI is InChI=1S/C23H22N4O5S/c1-3-31-20(28)17-15(24-22(30)25-18(17)14-9-5-4-6-10-14)13-32-21(29)19-16-11-7-8-12-27(16)23(26-19)33-2/h4-12,18H,3,13H2,1-2H3,(H2,24,25,30). The second-order valence-electron chi connectivity index (χ2n) is 7.03. The normalized spacial score (nSPS) is 15.7. The summed E-state index contributed by atoms with van der Waals surface area (Å²) in [5.74, 6) is -1.28. The van der Waals surface area contributed by atoms with Crippen LogP contribution in [-0.2, 0) is 14.3 Å². The van der Waals surface area contributed by atoms with E-state index in [0.29, 0.717) is 16.2 Å². The van der Waals surface area contributed by atoms with E-state index in [1.165, 1.54) is 11.8 Å². The summed E-state index contributed by atoms with van der Waals surface area (Å²) in [7, 11) is 0. The third-order valence-electron chi connectivity index (χ3n) is 5.02. The van der Waals surface area contributed by atoms with E-state index in [0.717, 1.165) is 0 Å². The minimum absolute atomic E-state index is 0.151. The number of carbonyl (C=O) groups excluding carboxylic acids is 3. The van der Waals surface area contributed by atoms with Crippen molar-refractivity contribution in [3.05, 3.63) is 77.3 Å². The third-order valence-corrected chi connectivity index (χ3v) is 5.67. The topological polar surface area (TPSA) is 111 Å². The Bertz CT molecular complexity index is 1240. The first-order valence-electron chi connectivity index (χ1n) is 10.2. The van der Waals surface area contributed by atoms with Crippen LogP contribution in [0.25, 0.3) is 5.52 Å². The zero-order valence-electron chi connectivity index (χ0n) is 18.0. The molecule has 33 heavy (non-hydrogen) atoms. The van der Waals surface area contributed by atoms with Crippen molar-refractivity contribution in [3.63, 3.8) is 0 Å². The summed E-state index contributed by atoms with van der Waals surface area (Å²) >= 11 is 1.40. The summed E-state index contributed by atoms with van der Waals surface area (Å²) in [6, 6.07) is 13.2. The summed E-state index contributed by atoms with van der Waals surface area (Å²) in [4.78, 5) is 42.4. The fraction of sp³-hybridized carbons (Fsp3) is 0.217. The molecule has 0 saturated heterocycles. The summed E-state index contributed by atoms with van der Waals surface area (Å²) in [6.45, 7) is 1.52. The Morgan fingerprint density at radius 2 is 1.85 bits per heavy atom. The number of rotatable bonds is 7. The predicted octanol–water partition coefficient (Wildman–Crippen LogP) is 3.08. The van der Waals surface area contributed by atoms with Gasteiger partial charge in [-0.05, 0) is 30.9 Å². The largest absolute Gasteiger partial charge is 0.463 e. The molecule has 2 N–H and O–H groups in total. The number of aromatic nitrogens is 2. The van der Waals surface area contributed by atoms with Gasteiger partial charge in [0.2, 0.25) is 0 Å². The first-order chi connectivity index (χ1) is 16.0. The fourth-order valence-corrected chi connectivity index (χ4v) is 4.13. The molecular formula is C23H22N4O5S. The number of hydrogen-bond acceptors (Lipinski definition) is 7. The van der Waals surface area contributed by atoms with Gasteiger partial charge in [-0.3, -0.25) is 4.40 Å². The Hall–Kier alpha value is -3.79. The van der Waals surface area contributed by atoms with Gasteiger partial charge in [0.25, 0.3) is 0 Å². The number of hydrogen-bond donors (Lipinski definition) is 2. The molecule has 0 saturated carbocycles. The molecule has 0 spiro atoms. The first-order valence-corrected chi connectivity index (χ1v) is 11.5. The van der Waals surface area contributed by atoms with Gasteiger partial charge < -0.3 is 20.1 Å². The van der Waals surface area contributed by atoms with Crippen LogP contribution in [0.2, 0.25) is 0 Å². The van der Waals surface area contributed by atoms with Gasteiger partial charge in [0, 0.05) is 6.20 Å². The Kier molecular flexibility index (Phi) is 6.64. The number of fused-ring (bicyclic) bond motifs is 1. The molecule has 2 amide bonds. The highest BCUT2D eigenvalue weighted by Crippen LogP contribution is 2.28. The Morgan fingerprint density at radius 3 is 2.58 bits per heavy atom. The zero-order chi connectivity index (χ0) is 23.4. The average molecular weight is 467 g/mol. The highest BCUT2D eigenvalue weighted by Gasteiger charge is 2.34. The molecule has 0 aliphatic carbocycles. The highest BCUT2D eigenvalue weighted by molar-refractivity contribution is 7.98. The molecule has 0 fully saturated rings. The highest BCUT2D eigenvalue weighted by atomic mass is 32.2. The van der Waals surface area contributed by atoms with Crippen LogP contribution in [0.15, 0.2) is 71.2 Å². The lowest BCUT2D eigenvalue weighted by Gasteiger charge is -2.29. The maximum atomic E-state index is 12.9. The van der Waals surface area contributed by atoms with Gasteiger partial charge in [-0.25, -0.2) is 19.4 Å².